The molecule has 0 saturated heterocycles. The number of nitrogens with one attached hydrogen (secondary N) is 3. The van der Waals surface area contributed by atoms with Crippen LogP contribution >= 0.6 is 0 Å². The minimum absolute atomic E-state index is 0.0341. The Kier molecular flexibility index (Phi) is 4.69. The van der Waals surface area contributed by atoms with Gasteiger partial charge in [0.05, 0.1) is 17.5 Å². The summed E-state index contributed by atoms with van der Waals surface area (Å²) in [5.41, 5.74) is 5.00. The van der Waals surface area contributed by atoms with Crippen LogP contribution in [0.1, 0.15) is 36.1 Å². The Morgan fingerprint density at radius 2 is 2.00 bits per heavy atom. The third-order valence-electron chi connectivity index (χ3n) is 4.97. The van der Waals surface area contributed by atoms with Gasteiger partial charge in [0.1, 0.15) is 12.2 Å². The lowest BCUT2D eigenvalue weighted by atomic mass is 9.95. The number of aryl methyl sites for hydroxylation is 1. The largest absolute Gasteiger partial charge is 0.325 e. The van der Waals surface area contributed by atoms with Gasteiger partial charge in [0, 0.05) is 17.2 Å². The predicted octanol–water partition coefficient (Wildman–Crippen LogP) is 3.65. The molecular formula is C22H19N5O2. The summed E-state index contributed by atoms with van der Waals surface area (Å²) in [6, 6.07) is 9.15. The Bertz CT molecular complexity index is 1120. The van der Waals surface area contributed by atoms with Crippen molar-refractivity contribution < 1.29 is 9.59 Å². The zero-order valence-corrected chi connectivity index (χ0v) is 15.9. The van der Waals surface area contributed by atoms with Crippen LogP contribution in [0, 0.1) is 29.6 Å². The number of hydrogen-bond donors (Lipinski definition) is 3. The highest BCUT2D eigenvalue weighted by atomic mass is 16.2. The van der Waals surface area contributed by atoms with Gasteiger partial charge in [0.25, 0.3) is 0 Å². The smallest absolute Gasteiger partial charge is 0.238 e. The van der Waals surface area contributed by atoms with E-state index in [2.05, 4.69) is 15.6 Å². The van der Waals surface area contributed by atoms with Gasteiger partial charge in [-0.1, -0.05) is 6.07 Å². The maximum absolute atomic E-state index is 12.2. The number of rotatable bonds is 5. The Morgan fingerprint density at radius 1 is 1.21 bits per heavy atom. The van der Waals surface area contributed by atoms with Crippen LogP contribution in [0.5, 0.6) is 0 Å². The van der Waals surface area contributed by atoms with Gasteiger partial charge in [-0.15, -0.1) is 0 Å². The Hall–Kier alpha value is -3.79. The molecule has 2 aliphatic carbocycles. The Labute approximate surface area is 168 Å². The number of benzene rings is 1. The van der Waals surface area contributed by atoms with E-state index in [1.807, 2.05) is 37.3 Å². The van der Waals surface area contributed by atoms with Gasteiger partial charge in [-0.3, -0.25) is 15.0 Å². The van der Waals surface area contributed by atoms with Gasteiger partial charge in [-0.2, -0.15) is 5.26 Å². The molecule has 1 aromatic carbocycles. The molecule has 1 fully saturated rings. The van der Waals surface area contributed by atoms with Gasteiger partial charge in [-0.25, -0.2) is 4.98 Å². The van der Waals surface area contributed by atoms with Crippen LogP contribution in [0.3, 0.4) is 0 Å². The summed E-state index contributed by atoms with van der Waals surface area (Å²) in [6.07, 6.45) is 5.15. The second-order valence-electron chi connectivity index (χ2n) is 7.24. The molecule has 29 heavy (non-hydrogen) atoms. The molecule has 1 heterocycles. The third kappa shape index (κ3) is 3.78. The van der Waals surface area contributed by atoms with Crippen molar-refractivity contribution >= 4 is 35.1 Å². The highest BCUT2D eigenvalue weighted by Crippen LogP contribution is 2.36. The molecular weight excluding hydrogens is 366 g/mol. The summed E-state index contributed by atoms with van der Waals surface area (Å²) in [5.74, 6) is 0.109. The molecule has 7 nitrogen and oxygen atoms in total. The number of aromatic nitrogens is 1. The molecule has 2 amide bonds. The maximum atomic E-state index is 12.2. The minimum atomic E-state index is -0.356. The molecule has 0 spiro atoms. The van der Waals surface area contributed by atoms with Gasteiger partial charge in [0.2, 0.25) is 11.8 Å². The lowest BCUT2D eigenvalue weighted by molar-refractivity contribution is -0.117. The summed E-state index contributed by atoms with van der Waals surface area (Å²) < 4.78 is 0. The first kappa shape index (κ1) is 18.6. The summed E-state index contributed by atoms with van der Waals surface area (Å²) in [6.45, 7) is 1.93. The van der Waals surface area contributed by atoms with Crippen molar-refractivity contribution in [2.75, 3.05) is 10.6 Å². The summed E-state index contributed by atoms with van der Waals surface area (Å²) in [5, 5.41) is 22.3. The highest BCUT2D eigenvalue weighted by molar-refractivity contribution is 6.16. The highest BCUT2D eigenvalue weighted by Gasteiger charge is 2.30. The second-order valence-corrected chi connectivity index (χ2v) is 7.24. The number of amides is 2. The van der Waals surface area contributed by atoms with E-state index in [4.69, 9.17) is 10.7 Å². The zero-order valence-electron chi connectivity index (χ0n) is 15.9. The first-order valence-corrected chi connectivity index (χ1v) is 9.37. The predicted molar refractivity (Wildman–Crippen MR) is 110 cm³/mol. The number of nitrogens with zero attached hydrogens (tertiary/aromatic N) is 2. The average Bonchev–Trinajstić information content (AvgIpc) is 3.46. The number of anilines is 2. The van der Waals surface area contributed by atoms with E-state index in [1.54, 1.807) is 12.1 Å². The molecule has 0 bridgehead atoms. The van der Waals surface area contributed by atoms with E-state index in [9.17, 15) is 9.59 Å². The van der Waals surface area contributed by atoms with Crippen molar-refractivity contribution in [1.82, 2.24) is 4.98 Å². The fourth-order valence-corrected chi connectivity index (χ4v) is 3.36. The molecule has 7 heteroatoms. The number of hydrogen-bond acceptors (Lipinski definition) is 5. The topological polar surface area (TPSA) is 119 Å². The lowest BCUT2D eigenvalue weighted by Crippen LogP contribution is -2.15. The van der Waals surface area contributed by atoms with Gasteiger partial charge >= 0.3 is 0 Å². The second kappa shape index (κ2) is 7.32. The molecule has 0 atom stereocenters. The quantitative estimate of drug-likeness (QED) is 0.728. The Balaban J connectivity index is 1.71. The van der Waals surface area contributed by atoms with Crippen LogP contribution in [0.4, 0.5) is 11.5 Å². The van der Waals surface area contributed by atoms with Crippen LogP contribution < -0.4 is 10.6 Å². The standard InChI is InChI=1S/C22H19N5O2/c1-12-10-14(25-20(28)8-9-23)4-5-15(12)17-11-19(27-22(29)13-2-3-13)26-21-16(17)6-7-18(21)24/h4-7,10-11,13,24H,2-3,8H2,1H3,(H,25,28)(H,26,27,29). The van der Waals surface area contributed by atoms with Crippen molar-refractivity contribution in [2.24, 2.45) is 5.92 Å². The van der Waals surface area contributed by atoms with Crippen LogP contribution in [-0.4, -0.2) is 22.5 Å². The van der Waals surface area contributed by atoms with E-state index < -0.39 is 0 Å². The molecule has 4 rings (SSSR count). The van der Waals surface area contributed by atoms with Crippen LogP contribution in [0.25, 0.3) is 17.2 Å². The molecule has 0 aliphatic heterocycles. The van der Waals surface area contributed by atoms with Gasteiger partial charge in [0.15, 0.2) is 0 Å². The van der Waals surface area contributed by atoms with E-state index >= 15 is 0 Å². The minimum Gasteiger partial charge on any atom is -0.325 e. The summed E-state index contributed by atoms with van der Waals surface area (Å²) in [4.78, 5) is 28.3. The van der Waals surface area contributed by atoms with Gasteiger partial charge < -0.3 is 10.6 Å². The molecule has 1 aromatic heterocycles. The number of carbonyl (C=O) groups is 2. The molecule has 0 radical (unpaired) electrons. The van der Waals surface area contributed by atoms with Crippen molar-refractivity contribution in [1.29, 1.82) is 10.7 Å². The first-order chi connectivity index (χ1) is 14.0. The number of pyridine rings is 1. The fraction of sp³-hybridized carbons (Fsp3) is 0.227. The monoisotopic (exact) mass is 385 g/mol. The number of fused-ring (bicyclic) bond motifs is 1. The number of nitriles is 1. The van der Waals surface area contributed by atoms with Crippen molar-refractivity contribution in [3.8, 4) is 17.2 Å². The lowest BCUT2D eigenvalue weighted by Gasteiger charge is -2.15. The average molecular weight is 385 g/mol. The molecule has 2 aliphatic rings. The van der Waals surface area contributed by atoms with Crippen LogP contribution in [0.15, 0.2) is 30.3 Å². The first-order valence-electron chi connectivity index (χ1n) is 9.37. The molecule has 3 N–H and O–H groups in total. The molecule has 0 unspecified atom stereocenters. The number of allylic oxidation sites excluding steroid dienone is 1. The maximum Gasteiger partial charge on any atom is 0.238 e. The fourth-order valence-electron chi connectivity index (χ4n) is 3.36. The van der Waals surface area contributed by atoms with E-state index in [0.29, 0.717) is 22.9 Å². The normalized spacial score (nSPS) is 14.3. The van der Waals surface area contributed by atoms with E-state index in [-0.39, 0.29) is 24.2 Å². The molecule has 1 saturated carbocycles. The van der Waals surface area contributed by atoms with E-state index in [1.165, 1.54) is 0 Å². The van der Waals surface area contributed by atoms with Crippen molar-refractivity contribution in [3.63, 3.8) is 0 Å². The molecule has 144 valence electrons. The Morgan fingerprint density at radius 3 is 2.69 bits per heavy atom. The van der Waals surface area contributed by atoms with Crippen LogP contribution in [-0.2, 0) is 9.59 Å². The zero-order chi connectivity index (χ0) is 20.5. The third-order valence-corrected chi connectivity index (χ3v) is 4.97. The number of carbonyl (C=O) groups excluding carboxylic acids is 2. The van der Waals surface area contributed by atoms with Crippen LogP contribution in [0.2, 0.25) is 0 Å². The van der Waals surface area contributed by atoms with E-state index in [0.717, 1.165) is 35.1 Å². The SMILES string of the molecule is Cc1cc(NC(=O)CC#N)ccc1-c1cc(NC(=O)C2CC2)nc2c1C=CC2=N. The van der Waals surface area contributed by atoms with Crippen molar-refractivity contribution in [3.05, 3.63) is 47.2 Å². The van der Waals surface area contributed by atoms with Gasteiger partial charge in [-0.05, 0) is 66.8 Å². The summed E-state index contributed by atoms with van der Waals surface area (Å²) >= 11 is 0. The summed E-state index contributed by atoms with van der Waals surface area (Å²) in [7, 11) is 0. The van der Waals surface area contributed by atoms with Crippen molar-refractivity contribution in [2.45, 2.75) is 26.2 Å². The molecule has 2 aromatic rings.